The largest absolute Gasteiger partial charge is 0.480 e. The number of carboxylic acid groups (broad SMARTS) is 1. The first-order valence-corrected chi connectivity index (χ1v) is 5.79. The third-order valence-corrected chi connectivity index (χ3v) is 2.73. The smallest absolute Gasteiger partial charge is 0.323 e. The molecule has 0 radical (unpaired) electrons. The van der Waals surface area contributed by atoms with E-state index in [4.69, 9.17) is 5.11 Å². The lowest BCUT2D eigenvalue weighted by Crippen LogP contribution is -2.33. The maximum absolute atomic E-state index is 11.8. The average Bonchev–Trinajstić information content (AvgIpc) is 2.56. The van der Waals surface area contributed by atoms with E-state index < -0.39 is 5.97 Å². The number of amides is 1. The fourth-order valence-electron chi connectivity index (χ4n) is 1.88. The molecule has 1 unspecified atom stereocenters. The summed E-state index contributed by atoms with van der Waals surface area (Å²) in [7, 11) is 1.49. The van der Waals surface area contributed by atoms with Gasteiger partial charge in [0.25, 0.3) is 0 Å². The number of carbonyl (C=O) groups is 2. The van der Waals surface area contributed by atoms with Crippen molar-refractivity contribution in [3.63, 3.8) is 0 Å². The molecular weight excluding hydrogens is 234 g/mol. The van der Waals surface area contributed by atoms with Crippen LogP contribution in [0.4, 0.5) is 0 Å². The Bertz CT molecular complexity index is 453. The fourth-order valence-corrected chi connectivity index (χ4v) is 1.88. The Morgan fingerprint density at radius 2 is 2.11 bits per heavy atom. The lowest BCUT2D eigenvalue weighted by Gasteiger charge is -2.19. The van der Waals surface area contributed by atoms with Crippen LogP contribution in [0.2, 0.25) is 0 Å². The van der Waals surface area contributed by atoms with Crippen molar-refractivity contribution >= 4 is 11.9 Å². The Balaban J connectivity index is 2.64. The Labute approximate surface area is 106 Å². The summed E-state index contributed by atoms with van der Waals surface area (Å²) in [4.78, 5) is 23.5. The van der Waals surface area contributed by atoms with Crippen molar-refractivity contribution in [3.05, 3.63) is 17.5 Å². The summed E-state index contributed by atoms with van der Waals surface area (Å²) >= 11 is 0. The molecule has 0 saturated carbocycles. The van der Waals surface area contributed by atoms with E-state index in [0.717, 1.165) is 11.4 Å². The minimum absolute atomic E-state index is 0.0811. The summed E-state index contributed by atoms with van der Waals surface area (Å²) in [5.74, 6) is -1.21. The highest BCUT2D eigenvalue weighted by Gasteiger charge is 2.18. The number of nitrogens with zero attached hydrogens (tertiary/aromatic N) is 3. The van der Waals surface area contributed by atoms with Gasteiger partial charge in [0.15, 0.2) is 0 Å². The van der Waals surface area contributed by atoms with Crippen molar-refractivity contribution in [3.8, 4) is 0 Å². The molecule has 18 heavy (non-hydrogen) atoms. The molecule has 0 spiro atoms. The van der Waals surface area contributed by atoms with Gasteiger partial charge in [-0.25, -0.2) is 0 Å². The van der Waals surface area contributed by atoms with Crippen LogP contribution in [0.1, 0.15) is 30.8 Å². The molecule has 1 aromatic rings. The van der Waals surface area contributed by atoms with Crippen molar-refractivity contribution < 1.29 is 14.7 Å². The summed E-state index contributed by atoms with van der Waals surface area (Å²) in [6.45, 7) is 5.45. The molecule has 1 amide bonds. The van der Waals surface area contributed by atoms with E-state index in [-0.39, 0.29) is 24.9 Å². The molecule has 1 N–H and O–H groups in total. The number of aryl methyl sites for hydroxylation is 2. The van der Waals surface area contributed by atoms with Gasteiger partial charge in [0.05, 0.1) is 11.7 Å². The number of rotatable bonds is 5. The van der Waals surface area contributed by atoms with Crippen molar-refractivity contribution in [2.45, 2.75) is 33.2 Å². The number of carboxylic acids is 1. The van der Waals surface area contributed by atoms with Crippen molar-refractivity contribution in [1.29, 1.82) is 0 Å². The molecule has 0 aromatic carbocycles. The van der Waals surface area contributed by atoms with Crippen LogP contribution in [-0.2, 0) is 9.59 Å². The van der Waals surface area contributed by atoms with E-state index in [1.165, 1.54) is 11.9 Å². The van der Waals surface area contributed by atoms with Gasteiger partial charge in [-0.15, -0.1) is 0 Å². The molecule has 6 nitrogen and oxygen atoms in total. The average molecular weight is 253 g/mol. The number of hydrogen-bond donors (Lipinski definition) is 1. The quantitative estimate of drug-likeness (QED) is 0.849. The molecule has 100 valence electrons. The maximum Gasteiger partial charge on any atom is 0.323 e. The van der Waals surface area contributed by atoms with Crippen LogP contribution >= 0.6 is 0 Å². The molecule has 0 aliphatic carbocycles. The Kier molecular flexibility index (Phi) is 4.47. The Morgan fingerprint density at radius 1 is 1.50 bits per heavy atom. The zero-order valence-electron chi connectivity index (χ0n) is 11.2. The van der Waals surface area contributed by atoms with Gasteiger partial charge in [0, 0.05) is 19.2 Å². The van der Waals surface area contributed by atoms with Gasteiger partial charge < -0.3 is 10.0 Å². The van der Waals surface area contributed by atoms with E-state index in [1.807, 2.05) is 26.8 Å². The van der Waals surface area contributed by atoms with E-state index in [1.54, 1.807) is 4.68 Å². The van der Waals surface area contributed by atoms with E-state index in [0.29, 0.717) is 0 Å². The number of hydrogen-bond acceptors (Lipinski definition) is 3. The minimum Gasteiger partial charge on any atom is -0.480 e. The van der Waals surface area contributed by atoms with Gasteiger partial charge in [0.1, 0.15) is 6.54 Å². The highest BCUT2D eigenvalue weighted by molar-refractivity contribution is 5.81. The summed E-state index contributed by atoms with van der Waals surface area (Å²) in [6, 6.07) is 1.87. The lowest BCUT2D eigenvalue weighted by molar-refractivity contribution is -0.143. The van der Waals surface area contributed by atoms with E-state index in [9.17, 15) is 9.59 Å². The predicted octanol–water partition coefficient (Wildman–Crippen LogP) is 0.994. The third kappa shape index (κ3) is 3.58. The Morgan fingerprint density at radius 3 is 2.56 bits per heavy atom. The first kappa shape index (κ1) is 14.2. The molecular formula is C12H19N3O3. The maximum atomic E-state index is 11.8. The molecule has 0 aliphatic heterocycles. The van der Waals surface area contributed by atoms with Crippen LogP contribution in [0, 0.1) is 13.8 Å². The van der Waals surface area contributed by atoms with Crippen LogP contribution in [0.5, 0.6) is 0 Å². The van der Waals surface area contributed by atoms with Crippen molar-refractivity contribution in [1.82, 2.24) is 14.7 Å². The second kappa shape index (κ2) is 5.66. The topological polar surface area (TPSA) is 75.4 Å². The van der Waals surface area contributed by atoms with E-state index >= 15 is 0 Å². The molecule has 0 bridgehead atoms. The van der Waals surface area contributed by atoms with Gasteiger partial charge in [-0.2, -0.15) is 5.10 Å². The minimum atomic E-state index is -1.01. The zero-order valence-corrected chi connectivity index (χ0v) is 11.2. The van der Waals surface area contributed by atoms with Crippen LogP contribution in [0.3, 0.4) is 0 Å². The van der Waals surface area contributed by atoms with Gasteiger partial charge in [-0.1, -0.05) is 0 Å². The van der Waals surface area contributed by atoms with Crippen LogP contribution in [0.15, 0.2) is 6.07 Å². The van der Waals surface area contributed by atoms with Gasteiger partial charge in [-0.05, 0) is 26.8 Å². The van der Waals surface area contributed by atoms with Crippen LogP contribution in [0.25, 0.3) is 0 Å². The second-order valence-corrected chi connectivity index (χ2v) is 4.57. The first-order valence-electron chi connectivity index (χ1n) is 5.79. The molecule has 1 heterocycles. The molecule has 0 aliphatic rings. The van der Waals surface area contributed by atoms with Crippen molar-refractivity contribution in [2.75, 3.05) is 13.6 Å². The van der Waals surface area contributed by atoms with Gasteiger partial charge in [0.2, 0.25) is 5.91 Å². The standard InChI is InChI=1S/C12H19N3O3/c1-8-5-9(2)15(13-8)10(3)6-11(16)14(4)7-12(17)18/h5,10H,6-7H2,1-4H3,(H,17,18). The molecule has 0 saturated heterocycles. The van der Waals surface area contributed by atoms with Crippen molar-refractivity contribution in [2.24, 2.45) is 0 Å². The first-order chi connectivity index (χ1) is 8.31. The number of aliphatic carboxylic acids is 1. The Hall–Kier alpha value is -1.85. The lowest BCUT2D eigenvalue weighted by atomic mass is 10.2. The molecule has 0 fully saturated rings. The monoisotopic (exact) mass is 253 g/mol. The molecule has 1 atom stereocenters. The SMILES string of the molecule is Cc1cc(C)n(C(C)CC(=O)N(C)CC(=O)O)n1. The fraction of sp³-hybridized carbons (Fsp3) is 0.583. The predicted molar refractivity (Wildman–Crippen MR) is 66.3 cm³/mol. The summed E-state index contributed by atoms with van der Waals surface area (Å²) in [5.41, 5.74) is 1.90. The van der Waals surface area contributed by atoms with Crippen LogP contribution in [-0.4, -0.2) is 45.3 Å². The second-order valence-electron chi connectivity index (χ2n) is 4.57. The van der Waals surface area contributed by atoms with E-state index in [2.05, 4.69) is 5.10 Å². The third-order valence-electron chi connectivity index (χ3n) is 2.73. The summed E-state index contributed by atoms with van der Waals surface area (Å²) < 4.78 is 1.79. The molecule has 1 rings (SSSR count). The number of carbonyl (C=O) groups excluding carboxylic acids is 1. The summed E-state index contributed by atoms with van der Waals surface area (Å²) in [6.07, 6.45) is 0.242. The number of aromatic nitrogens is 2. The van der Waals surface area contributed by atoms with Gasteiger partial charge in [-0.3, -0.25) is 14.3 Å². The molecule has 6 heteroatoms. The summed E-state index contributed by atoms with van der Waals surface area (Å²) in [5, 5.41) is 12.9. The normalized spacial score (nSPS) is 12.2. The zero-order chi connectivity index (χ0) is 13.9. The van der Waals surface area contributed by atoms with Crippen LogP contribution < -0.4 is 0 Å². The molecule has 1 aromatic heterocycles. The van der Waals surface area contributed by atoms with Gasteiger partial charge >= 0.3 is 5.97 Å². The highest BCUT2D eigenvalue weighted by atomic mass is 16.4. The highest BCUT2D eigenvalue weighted by Crippen LogP contribution is 2.15. The number of likely N-dealkylation sites (N-methyl/N-ethyl adjacent to an activating group) is 1.